The summed E-state index contributed by atoms with van der Waals surface area (Å²) in [6.07, 6.45) is 0. The summed E-state index contributed by atoms with van der Waals surface area (Å²) in [5.74, 6) is -1.45. The van der Waals surface area contributed by atoms with Crippen LogP contribution in [0.15, 0.2) is 27.6 Å². The number of nitrogens with two attached hydrogens (primary N) is 1. The first-order chi connectivity index (χ1) is 8.28. The standard InChI is InChI=1S/C10H12BrFN2O3S/c1-2-14(6-10(13)15)18(16,17)7-3-4-8(11)9(12)5-7/h3-5H,2,6H2,1H3,(H2,13,15). The van der Waals surface area contributed by atoms with Crippen molar-refractivity contribution in [3.63, 3.8) is 0 Å². The van der Waals surface area contributed by atoms with Gasteiger partial charge >= 0.3 is 0 Å². The van der Waals surface area contributed by atoms with Crippen LogP contribution in [0.1, 0.15) is 6.92 Å². The van der Waals surface area contributed by atoms with Crippen molar-refractivity contribution in [1.82, 2.24) is 4.31 Å². The molecule has 0 aliphatic rings. The predicted octanol–water partition coefficient (Wildman–Crippen LogP) is 1.08. The maximum atomic E-state index is 13.3. The van der Waals surface area contributed by atoms with E-state index >= 15 is 0 Å². The average Bonchev–Trinajstić information content (AvgIpc) is 2.28. The minimum atomic E-state index is -3.91. The summed E-state index contributed by atoms with van der Waals surface area (Å²) in [6.45, 7) is 1.20. The maximum absolute atomic E-state index is 13.3. The van der Waals surface area contributed by atoms with E-state index in [1.165, 1.54) is 12.1 Å². The van der Waals surface area contributed by atoms with Gasteiger partial charge in [0.2, 0.25) is 15.9 Å². The second kappa shape index (κ2) is 5.77. The second-order valence-corrected chi connectivity index (χ2v) is 6.27. The fourth-order valence-electron chi connectivity index (χ4n) is 1.33. The molecule has 1 rings (SSSR count). The monoisotopic (exact) mass is 338 g/mol. The fourth-order valence-corrected chi connectivity index (χ4v) is 3.00. The second-order valence-electron chi connectivity index (χ2n) is 3.47. The molecular weight excluding hydrogens is 327 g/mol. The summed E-state index contributed by atoms with van der Waals surface area (Å²) in [5, 5.41) is 0. The number of likely N-dealkylation sites (N-methyl/N-ethyl adjacent to an activating group) is 1. The Hall–Kier alpha value is -0.990. The average molecular weight is 339 g/mol. The van der Waals surface area contributed by atoms with E-state index in [0.29, 0.717) is 0 Å². The van der Waals surface area contributed by atoms with Crippen LogP contribution < -0.4 is 5.73 Å². The Balaban J connectivity index is 3.18. The van der Waals surface area contributed by atoms with Crippen LogP contribution in [0, 0.1) is 5.82 Å². The predicted molar refractivity (Wildman–Crippen MR) is 67.7 cm³/mol. The van der Waals surface area contributed by atoms with Crippen molar-refractivity contribution in [3.05, 3.63) is 28.5 Å². The van der Waals surface area contributed by atoms with Gasteiger partial charge in [-0.05, 0) is 34.1 Å². The first-order valence-corrected chi connectivity index (χ1v) is 7.26. The molecule has 0 spiro atoms. The van der Waals surface area contributed by atoms with Crippen LogP contribution in [0.25, 0.3) is 0 Å². The molecule has 0 saturated carbocycles. The van der Waals surface area contributed by atoms with Crippen LogP contribution in [0.3, 0.4) is 0 Å². The molecule has 0 bridgehead atoms. The summed E-state index contributed by atoms with van der Waals surface area (Å²) >= 11 is 2.93. The molecule has 1 amide bonds. The molecule has 0 aromatic heterocycles. The number of benzene rings is 1. The number of amides is 1. The number of primary amides is 1. The first-order valence-electron chi connectivity index (χ1n) is 5.02. The van der Waals surface area contributed by atoms with Crippen LogP contribution in [-0.2, 0) is 14.8 Å². The Labute approximate surface area is 113 Å². The lowest BCUT2D eigenvalue weighted by atomic mass is 10.3. The number of halogens is 2. The Morgan fingerprint density at radius 3 is 2.56 bits per heavy atom. The molecule has 0 fully saturated rings. The molecule has 8 heteroatoms. The van der Waals surface area contributed by atoms with Gasteiger partial charge in [-0.15, -0.1) is 0 Å². The zero-order valence-corrected chi connectivity index (χ0v) is 12.0. The van der Waals surface area contributed by atoms with Gasteiger partial charge in [-0.2, -0.15) is 4.31 Å². The molecule has 0 heterocycles. The molecule has 1 aromatic carbocycles. The van der Waals surface area contributed by atoms with Gasteiger partial charge in [0.15, 0.2) is 0 Å². The molecule has 0 aliphatic heterocycles. The molecule has 0 unspecified atom stereocenters. The third-order valence-corrected chi connectivity index (χ3v) is 4.77. The van der Waals surface area contributed by atoms with Crippen LogP contribution in [-0.4, -0.2) is 31.7 Å². The lowest BCUT2D eigenvalue weighted by molar-refractivity contribution is -0.118. The summed E-state index contributed by atoms with van der Waals surface area (Å²) in [6, 6.07) is 3.44. The lowest BCUT2D eigenvalue weighted by Crippen LogP contribution is -2.38. The van der Waals surface area contributed by atoms with Gasteiger partial charge in [0.05, 0.1) is 15.9 Å². The number of sulfonamides is 1. The van der Waals surface area contributed by atoms with Crippen molar-refractivity contribution < 1.29 is 17.6 Å². The Morgan fingerprint density at radius 1 is 1.50 bits per heavy atom. The quantitative estimate of drug-likeness (QED) is 0.872. The van der Waals surface area contributed by atoms with Gasteiger partial charge in [0.25, 0.3) is 0 Å². The van der Waals surface area contributed by atoms with Crippen LogP contribution in [0.2, 0.25) is 0 Å². The van der Waals surface area contributed by atoms with E-state index in [1.54, 1.807) is 6.92 Å². The zero-order valence-electron chi connectivity index (χ0n) is 9.56. The minimum Gasteiger partial charge on any atom is -0.369 e. The molecule has 0 aliphatic carbocycles. The smallest absolute Gasteiger partial charge is 0.243 e. The van der Waals surface area contributed by atoms with Gasteiger partial charge in [-0.3, -0.25) is 4.79 Å². The Morgan fingerprint density at radius 2 is 2.11 bits per heavy atom. The van der Waals surface area contributed by atoms with Crippen molar-refractivity contribution in [1.29, 1.82) is 0 Å². The molecule has 0 saturated heterocycles. The van der Waals surface area contributed by atoms with Crippen molar-refractivity contribution in [2.45, 2.75) is 11.8 Å². The number of carbonyl (C=O) groups is 1. The number of hydrogen-bond acceptors (Lipinski definition) is 3. The van der Waals surface area contributed by atoms with E-state index in [2.05, 4.69) is 15.9 Å². The molecule has 0 atom stereocenters. The van der Waals surface area contributed by atoms with E-state index in [0.717, 1.165) is 10.4 Å². The maximum Gasteiger partial charge on any atom is 0.243 e. The van der Waals surface area contributed by atoms with Gasteiger partial charge in [0.1, 0.15) is 5.82 Å². The third-order valence-electron chi connectivity index (χ3n) is 2.21. The van der Waals surface area contributed by atoms with Crippen molar-refractivity contribution in [3.8, 4) is 0 Å². The fraction of sp³-hybridized carbons (Fsp3) is 0.300. The van der Waals surface area contributed by atoms with Gasteiger partial charge < -0.3 is 5.73 Å². The van der Waals surface area contributed by atoms with E-state index in [9.17, 15) is 17.6 Å². The highest BCUT2D eigenvalue weighted by atomic mass is 79.9. The summed E-state index contributed by atoms with van der Waals surface area (Å²) in [4.78, 5) is 10.6. The normalized spacial score (nSPS) is 11.8. The summed E-state index contributed by atoms with van der Waals surface area (Å²) < 4.78 is 38.6. The number of nitrogens with zero attached hydrogens (tertiary/aromatic N) is 1. The molecule has 18 heavy (non-hydrogen) atoms. The van der Waals surface area contributed by atoms with Crippen molar-refractivity contribution in [2.24, 2.45) is 5.73 Å². The first kappa shape index (κ1) is 15.1. The molecule has 2 N–H and O–H groups in total. The number of rotatable bonds is 5. The van der Waals surface area contributed by atoms with Crippen LogP contribution in [0.5, 0.6) is 0 Å². The minimum absolute atomic E-state index is 0.0724. The zero-order chi connectivity index (χ0) is 13.9. The highest BCUT2D eigenvalue weighted by Crippen LogP contribution is 2.21. The topological polar surface area (TPSA) is 80.5 Å². The Bertz CT molecular complexity index is 562. The lowest BCUT2D eigenvalue weighted by Gasteiger charge is -2.18. The summed E-state index contributed by atoms with van der Waals surface area (Å²) in [5.41, 5.74) is 4.97. The van der Waals surface area contributed by atoms with E-state index < -0.39 is 28.3 Å². The largest absolute Gasteiger partial charge is 0.369 e. The highest BCUT2D eigenvalue weighted by molar-refractivity contribution is 9.10. The Kier molecular flexibility index (Phi) is 4.83. The molecule has 0 radical (unpaired) electrons. The van der Waals surface area contributed by atoms with Crippen molar-refractivity contribution >= 4 is 31.9 Å². The SMILES string of the molecule is CCN(CC(N)=O)S(=O)(=O)c1ccc(Br)c(F)c1. The van der Waals surface area contributed by atoms with Crippen LogP contribution in [0.4, 0.5) is 4.39 Å². The number of hydrogen-bond donors (Lipinski definition) is 1. The molecule has 1 aromatic rings. The van der Waals surface area contributed by atoms with Gasteiger partial charge in [-0.1, -0.05) is 6.92 Å². The highest BCUT2D eigenvalue weighted by Gasteiger charge is 2.25. The van der Waals surface area contributed by atoms with Gasteiger partial charge in [0, 0.05) is 6.54 Å². The summed E-state index contributed by atoms with van der Waals surface area (Å²) in [7, 11) is -3.91. The number of carbonyl (C=O) groups excluding carboxylic acids is 1. The van der Waals surface area contributed by atoms with Crippen LogP contribution >= 0.6 is 15.9 Å². The van der Waals surface area contributed by atoms with E-state index in [-0.39, 0.29) is 15.9 Å². The molecule has 100 valence electrons. The molecule has 5 nitrogen and oxygen atoms in total. The van der Waals surface area contributed by atoms with Crippen molar-refractivity contribution in [2.75, 3.05) is 13.1 Å². The van der Waals surface area contributed by atoms with E-state index in [4.69, 9.17) is 5.73 Å². The van der Waals surface area contributed by atoms with Gasteiger partial charge in [-0.25, -0.2) is 12.8 Å². The third kappa shape index (κ3) is 3.27. The van der Waals surface area contributed by atoms with E-state index in [1.807, 2.05) is 0 Å². The molecular formula is C10H12BrFN2O3S.